The van der Waals surface area contributed by atoms with E-state index in [4.69, 9.17) is 0 Å². The fraction of sp³-hybridized carbons (Fsp3) is 0.200. The van der Waals surface area contributed by atoms with E-state index in [-0.39, 0.29) is 11.4 Å². The Bertz CT molecular complexity index is 583. The SMILES string of the molecule is Cc1c(C(F)(F)F)[nH]n(-c2ccccn2)c1=O. The summed E-state index contributed by atoms with van der Waals surface area (Å²) >= 11 is 0. The monoisotopic (exact) mass is 243 g/mol. The van der Waals surface area contributed by atoms with E-state index in [1.165, 1.54) is 12.3 Å². The minimum absolute atomic E-state index is 0.121. The number of hydrogen-bond acceptors (Lipinski definition) is 2. The standard InChI is InChI=1S/C10H8F3N3O/c1-6-8(10(11,12)13)15-16(9(6)17)7-4-2-3-5-14-7/h2-5,15H,1H3. The van der Waals surface area contributed by atoms with Gasteiger partial charge in [-0.3, -0.25) is 9.89 Å². The Kier molecular flexibility index (Phi) is 2.53. The lowest BCUT2D eigenvalue weighted by atomic mass is 10.3. The van der Waals surface area contributed by atoms with Crippen molar-refractivity contribution in [2.45, 2.75) is 13.1 Å². The normalized spacial score (nSPS) is 11.8. The van der Waals surface area contributed by atoms with E-state index in [1.54, 1.807) is 12.1 Å². The highest BCUT2D eigenvalue weighted by atomic mass is 19.4. The van der Waals surface area contributed by atoms with Crippen molar-refractivity contribution in [1.29, 1.82) is 0 Å². The number of rotatable bonds is 1. The number of nitrogens with one attached hydrogen (secondary N) is 1. The molecule has 0 unspecified atom stereocenters. The van der Waals surface area contributed by atoms with Crippen LogP contribution in [-0.2, 0) is 6.18 Å². The quantitative estimate of drug-likeness (QED) is 0.831. The van der Waals surface area contributed by atoms with Crippen LogP contribution in [0.4, 0.5) is 13.2 Å². The average molecular weight is 243 g/mol. The second-order valence-corrected chi connectivity index (χ2v) is 3.44. The number of hydrogen-bond donors (Lipinski definition) is 1. The summed E-state index contributed by atoms with van der Waals surface area (Å²) in [5.74, 6) is 0.121. The van der Waals surface area contributed by atoms with Gasteiger partial charge < -0.3 is 0 Å². The first-order chi connectivity index (χ1) is 7.91. The summed E-state index contributed by atoms with van der Waals surface area (Å²) in [5, 5.41) is 2.02. The molecule has 0 aromatic carbocycles. The summed E-state index contributed by atoms with van der Waals surface area (Å²) in [4.78, 5) is 15.4. The molecule has 0 saturated heterocycles. The second kappa shape index (κ2) is 3.76. The van der Waals surface area contributed by atoms with Gasteiger partial charge in [0.1, 0.15) is 5.69 Å². The lowest BCUT2D eigenvalue weighted by Gasteiger charge is -2.04. The van der Waals surface area contributed by atoms with Gasteiger partial charge in [0.05, 0.1) is 0 Å². The predicted octanol–water partition coefficient (Wildman–Crippen LogP) is 1.89. The van der Waals surface area contributed by atoms with Crippen LogP contribution in [0.5, 0.6) is 0 Å². The molecule has 0 saturated carbocycles. The fourth-order valence-electron chi connectivity index (χ4n) is 1.44. The number of halogens is 3. The van der Waals surface area contributed by atoms with Crippen LogP contribution in [0, 0.1) is 6.92 Å². The molecule has 0 spiro atoms. The van der Waals surface area contributed by atoms with E-state index in [0.717, 1.165) is 11.6 Å². The summed E-state index contributed by atoms with van der Waals surface area (Å²) in [6.45, 7) is 1.13. The Morgan fingerprint density at radius 2 is 2.06 bits per heavy atom. The van der Waals surface area contributed by atoms with E-state index in [1.807, 2.05) is 5.10 Å². The minimum Gasteiger partial charge on any atom is -0.285 e. The van der Waals surface area contributed by atoms with Crippen LogP contribution in [-0.4, -0.2) is 14.8 Å². The molecule has 0 bridgehead atoms. The Hall–Kier alpha value is -2.05. The smallest absolute Gasteiger partial charge is 0.285 e. The molecule has 2 rings (SSSR count). The van der Waals surface area contributed by atoms with Crippen molar-refractivity contribution < 1.29 is 13.2 Å². The number of nitrogens with zero attached hydrogens (tertiary/aromatic N) is 2. The van der Waals surface area contributed by atoms with Gasteiger partial charge in [0, 0.05) is 11.8 Å². The molecule has 0 aliphatic rings. The lowest BCUT2D eigenvalue weighted by Crippen LogP contribution is -2.16. The molecule has 7 heteroatoms. The second-order valence-electron chi connectivity index (χ2n) is 3.44. The number of alkyl halides is 3. The van der Waals surface area contributed by atoms with Crippen LogP contribution in [0.15, 0.2) is 29.2 Å². The predicted molar refractivity (Wildman–Crippen MR) is 53.9 cm³/mol. The van der Waals surface area contributed by atoms with Crippen molar-refractivity contribution in [1.82, 2.24) is 14.8 Å². The van der Waals surface area contributed by atoms with E-state index in [0.29, 0.717) is 0 Å². The molecule has 0 radical (unpaired) electrons. The van der Waals surface area contributed by atoms with Gasteiger partial charge in [-0.25, -0.2) is 9.67 Å². The molecule has 2 aromatic heterocycles. The average Bonchev–Trinajstić information content (AvgIpc) is 2.57. The largest absolute Gasteiger partial charge is 0.433 e. The van der Waals surface area contributed by atoms with Crippen molar-refractivity contribution in [3.63, 3.8) is 0 Å². The summed E-state index contributed by atoms with van der Waals surface area (Å²) < 4.78 is 38.4. The van der Waals surface area contributed by atoms with Crippen molar-refractivity contribution in [3.8, 4) is 5.82 Å². The summed E-state index contributed by atoms with van der Waals surface area (Å²) in [7, 11) is 0. The zero-order valence-electron chi connectivity index (χ0n) is 8.75. The van der Waals surface area contributed by atoms with E-state index in [2.05, 4.69) is 4.98 Å². The third kappa shape index (κ3) is 1.95. The number of H-pyrrole nitrogens is 1. The first kappa shape index (κ1) is 11.4. The summed E-state index contributed by atoms with van der Waals surface area (Å²) in [6, 6.07) is 4.63. The third-order valence-electron chi connectivity index (χ3n) is 2.28. The first-order valence-corrected chi connectivity index (χ1v) is 4.71. The van der Waals surface area contributed by atoms with Gasteiger partial charge >= 0.3 is 6.18 Å². The zero-order chi connectivity index (χ0) is 12.6. The van der Waals surface area contributed by atoms with Gasteiger partial charge in [0.2, 0.25) is 0 Å². The molecule has 0 amide bonds. The van der Waals surface area contributed by atoms with Crippen molar-refractivity contribution in [2.75, 3.05) is 0 Å². The number of aromatic nitrogens is 3. The van der Waals surface area contributed by atoms with Crippen LogP contribution in [0.2, 0.25) is 0 Å². The summed E-state index contributed by atoms with van der Waals surface area (Å²) in [6.07, 6.45) is -3.19. The molecular weight excluding hydrogens is 235 g/mol. The van der Waals surface area contributed by atoms with Crippen LogP contribution in [0.25, 0.3) is 5.82 Å². The van der Waals surface area contributed by atoms with Crippen LogP contribution < -0.4 is 5.56 Å². The molecule has 0 aliphatic heterocycles. The van der Waals surface area contributed by atoms with Crippen LogP contribution in [0.1, 0.15) is 11.3 Å². The van der Waals surface area contributed by atoms with Crippen LogP contribution >= 0.6 is 0 Å². The molecule has 90 valence electrons. The number of pyridine rings is 1. The molecule has 17 heavy (non-hydrogen) atoms. The lowest BCUT2D eigenvalue weighted by molar-refractivity contribution is -0.141. The Morgan fingerprint density at radius 3 is 2.53 bits per heavy atom. The topological polar surface area (TPSA) is 50.7 Å². The molecule has 2 aromatic rings. The third-order valence-corrected chi connectivity index (χ3v) is 2.28. The van der Waals surface area contributed by atoms with Gasteiger partial charge in [-0.1, -0.05) is 6.07 Å². The highest BCUT2D eigenvalue weighted by Crippen LogP contribution is 2.29. The highest BCUT2D eigenvalue weighted by Gasteiger charge is 2.36. The maximum absolute atomic E-state index is 12.6. The maximum Gasteiger partial charge on any atom is 0.433 e. The van der Waals surface area contributed by atoms with E-state index in [9.17, 15) is 18.0 Å². The minimum atomic E-state index is -4.58. The Balaban J connectivity index is 2.63. The Morgan fingerprint density at radius 1 is 1.35 bits per heavy atom. The van der Waals surface area contributed by atoms with Gasteiger partial charge in [-0.15, -0.1) is 0 Å². The fourth-order valence-corrected chi connectivity index (χ4v) is 1.44. The molecule has 0 atom stereocenters. The van der Waals surface area contributed by atoms with Gasteiger partial charge in [-0.2, -0.15) is 13.2 Å². The van der Waals surface area contributed by atoms with Gasteiger partial charge in [-0.05, 0) is 19.1 Å². The van der Waals surface area contributed by atoms with E-state index >= 15 is 0 Å². The highest BCUT2D eigenvalue weighted by molar-refractivity contribution is 5.26. The first-order valence-electron chi connectivity index (χ1n) is 4.71. The molecule has 2 heterocycles. The zero-order valence-corrected chi connectivity index (χ0v) is 8.75. The van der Waals surface area contributed by atoms with E-state index < -0.39 is 17.4 Å². The molecule has 0 aliphatic carbocycles. The Labute approximate surface area is 93.7 Å². The van der Waals surface area contributed by atoms with Crippen molar-refractivity contribution in [2.24, 2.45) is 0 Å². The maximum atomic E-state index is 12.6. The molecule has 1 N–H and O–H groups in total. The number of aromatic amines is 1. The molecule has 4 nitrogen and oxygen atoms in total. The molecular formula is C10H8F3N3O. The molecule has 0 fully saturated rings. The van der Waals surface area contributed by atoms with Crippen molar-refractivity contribution >= 4 is 0 Å². The summed E-state index contributed by atoms with van der Waals surface area (Å²) in [5.41, 5.74) is -2.17. The van der Waals surface area contributed by atoms with Gasteiger partial charge in [0.25, 0.3) is 5.56 Å². The van der Waals surface area contributed by atoms with Crippen molar-refractivity contribution in [3.05, 3.63) is 46.0 Å². The van der Waals surface area contributed by atoms with Crippen LogP contribution in [0.3, 0.4) is 0 Å². The van der Waals surface area contributed by atoms with Gasteiger partial charge in [0.15, 0.2) is 5.82 Å².